The van der Waals surface area contributed by atoms with Crippen LogP contribution < -0.4 is 9.47 Å². The van der Waals surface area contributed by atoms with E-state index in [2.05, 4.69) is 0 Å². The molecule has 4 aliphatic rings. The molecule has 1 atom stereocenters. The highest BCUT2D eigenvalue weighted by Crippen LogP contribution is 2.55. The maximum Gasteiger partial charge on any atom is 0.409 e. The van der Waals surface area contributed by atoms with E-state index in [4.69, 9.17) is 23.7 Å². The van der Waals surface area contributed by atoms with Gasteiger partial charge in [0.25, 0.3) is 0 Å². The number of fused-ring (bicyclic) bond motifs is 2. The zero-order valence-corrected chi connectivity index (χ0v) is 17.6. The van der Waals surface area contributed by atoms with Crippen LogP contribution in [-0.2, 0) is 27.4 Å². The summed E-state index contributed by atoms with van der Waals surface area (Å²) in [5.41, 5.74) is 3.70. The Balaban J connectivity index is 1.38. The van der Waals surface area contributed by atoms with Gasteiger partial charge in [0.1, 0.15) is 23.8 Å². The average Bonchev–Trinajstić information content (AvgIpc) is 2.77. The maximum absolute atomic E-state index is 11.8. The van der Waals surface area contributed by atoms with Crippen LogP contribution in [0.1, 0.15) is 47.6 Å². The molecule has 1 saturated heterocycles. The van der Waals surface area contributed by atoms with Crippen molar-refractivity contribution in [1.29, 1.82) is 0 Å². The molecule has 1 N–H and O–H groups in total. The summed E-state index contributed by atoms with van der Waals surface area (Å²) in [5, 5.41) is 9.71. The van der Waals surface area contributed by atoms with Gasteiger partial charge in [-0.05, 0) is 48.2 Å². The molecular formula is C24H25NO7. The minimum absolute atomic E-state index is 0.0719. The molecule has 8 nitrogen and oxygen atoms in total. The van der Waals surface area contributed by atoms with Crippen molar-refractivity contribution in [1.82, 2.24) is 4.90 Å². The van der Waals surface area contributed by atoms with Crippen molar-refractivity contribution in [3.05, 3.63) is 58.7 Å². The molecule has 3 aliphatic heterocycles. The summed E-state index contributed by atoms with van der Waals surface area (Å²) in [6, 6.07) is 11.9. The molecule has 0 bridgehead atoms. The van der Waals surface area contributed by atoms with Crippen molar-refractivity contribution >= 4 is 6.09 Å². The third kappa shape index (κ3) is 3.21. The summed E-state index contributed by atoms with van der Waals surface area (Å²) >= 11 is 0. The minimum Gasteiger partial charge on any atom is -0.467 e. The van der Waals surface area contributed by atoms with Crippen LogP contribution >= 0.6 is 0 Å². The Morgan fingerprint density at radius 3 is 2.09 bits per heavy atom. The Morgan fingerprint density at radius 2 is 1.59 bits per heavy atom. The van der Waals surface area contributed by atoms with Crippen LogP contribution in [0, 0.1) is 5.41 Å². The van der Waals surface area contributed by atoms with Gasteiger partial charge in [-0.2, -0.15) is 0 Å². The summed E-state index contributed by atoms with van der Waals surface area (Å²) in [6.45, 7) is 1.97. The molecule has 168 valence electrons. The summed E-state index contributed by atoms with van der Waals surface area (Å²) in [7, 11) is 0. The Hall–Kier alpha value is -2.81. The lowest BCUT2D eigenvalue weighted by Gasteiger charge is -2.60. The molecule has 2 aromatic rings. The molecule has 2 aromatic carbocycles. The molecule has 1 spiro atoms. The van der Waals surface area contributed by atoms with Gasteiger partial charge in [-0.1, -0.05) is 18.6 Å². The normalized spacial score (nSPS) is 22.8. The first-order valence-corrected chi connectivity index (χ1v) is 10.9. The predicted molar refractivity (Wildman–Crippen MR) is 111 cm³/mol. The SMILES string of the molecule is O=C(O)N1CC2(CCC2)C1OC(c1ccc2c(c1)COCO2)c1ccc2c(c1)COCO2. The van der Waals surface area contributed by atoms with Crippen LogP contribution in [0.4, 0.5) is 4.79 Å². The summed E-state index contributed by atoms with van der Waals surface area (Å²) in [4.78, 5) is 13.3. The van der Waals surface area contributed by atoms with E-state index in [1.807, 2.05) is 36.4 Å². The van der Waals surface area contributed by atoms with Gasteiger partial charge in [0.2, 0.25) is 0 Å². The van der Waals surface area contributed by atoms with Gasteiger partial charge in [0.05, 0.1) is 13.2 Å². The van der Waals surface area contributed by atoms with Gasteiger partial charge < -0.3 is 28.8 Å². The number of benzene rings is 2. The van der Waals surface area contributed by atoms with Crippen LogP contribution in [0.3, 0.4) is 0 Å². The molecule has 2 fully saturated rings. The van der Waals surface area contributed by atoms with Crippen LogP contribution in [-0.4, -0.2) is 42.5 Å². The Morgan fingerprint density at radius 1 is 1.00 bits per heavy atom. The largest absolute Gasteiger partial charge is 0.467 e. The fourth-order valence-corrected chi connectivity index (χ4v) is 5.16. The Kier molecular flexibility index (Phi) is 4.74. The fourth-order valence-electron chi connectivity index (χ4n) is 5.16. The molecule has 1 unspecified atom stereocenters. The molecule has 1 amide bonds. The second-order valence-corrected chi connectivity index (χ2v) is 8.95. The van der Waals surface area contributed by atoms with Crippen molar-refractivity contribution in [2.75, 3.05) is 20.1 Å². The van der Waals surface area contributed by atoms with E-state index >= 15 is 0 Å². The second kappa shape index (κ2) is 7.65. The number of hydrogen-bond acceptors (Lipinski definition) is 6. The zero-order chi connectivity index (χ0) is 21.7. The predicted octanol–water partition coefficient (Wildman–Crippen LogP) is 4.02. The van der Waals surface area contributed by atoms with Crippen molar-refractivity contribution in [3.8, 4) is 11.5 Å². The Labute approximate surface area is 185 Å². The highest BCUT2D eigenvalue weighted by atomic mass is 16.7. The first-order chi connectivity index (χ1) is 15.6. The van der Waals surface area contributed by atoms with Crippen LogP contribution in [0.5, 0.6) is 11.5 Å². The first kappa shape index (κ1) is 19.8. The smallest absolute Gasteiger partial charge is 0.409 e. The van der Waals surface area contributed by atoms with Crippen LogP contribution in [0.2, 0.25) is 0 Å². The molecule has 0 aromatic heterocycles. The number of hydrogen-bond donors (Lipinski definition) is 1. The number of amides is 1. The van der Waals surface area contributed by atoms with E-state index in [0.29, 0.717) is 19.8 Å². The molecule has 6 rings (SSSR count). The van der Waals surface area contributed by atoms with Crippen molar-refractivity contribution in [3.63, 3.8) is 0 Å². The van der Waals surface area contributed by atoms with Crippen molar-refractivity contribution in [2.45, 2.75) is 44.8 Å². The average molecular weight is 439 g/mol. The molecular weight excluding hydrogens is 414 g/mol. The standard InChI is InChI=1S/C24H25NO7/c26-23(27)25-12-24(6-1-7-24)22(25)32-21(15-2-4-19-17(8-15)10-28-13-30-19)16-3-5-20-18(9-16)11-29-14-31-20/h2-5,8-9,21-22H,1,6-7,10-14H2,(H,26,27). The molecule has 3 heterocycles. The van der Waals surface area contributed by atoms with Gasteiger partial charge in [0, 0.05) is 23.1 Å². The summed E-state index contributed by atoms with van der Waals surface area (Å²) in [5.74, 6) is 1.61. The second-order valence-electron chi connectivity index (χ2n) is 8.95. The van der Waals surface area contributed by atoms with Gasteiger partial charge >= 0.3 is 6.09 Å². The van der Waals surface area contributed by atoms with Gasteiger partial charge in [-0.25, -0.2) is 4.79 Å². The minimum atomic E-state index is -0.939. The lowest BCUT2D eigenvalue weighted by molar-refractivity contribution is -0.247. The first-order valence-electron chi connectivity index (χ1n) is 10.9. The number of nitrogens with zero attached hydrogens (tertiary/aromatic N) is 1. The summed E-state index contributed by atoms with van der Waals surface area (Å²) < 4.78 is 28.7. The maximum atomic E-state index is 11.8. The van der Waals surface area contributed by atoms with E-state index in [1.165, 1.54) is 4.90 Å². The van der Waals surface area contributed by atoms with Gasteiger partial charge in [0.15, 0.2) is 13.6 Å². The van der Waals surface area contributed by atoms with Crippen LogP contribution in [0.15, 0.2) is 36.4 Å². The Bertz CT molecular complexity index is 991. The fraction of sp³-hybridized carbons (Fsp3) is 0.458. The lowest BCUT2D eigenvalue weighted by atomic mass is 9.62. The summed E-state index contributed by atoms with van der Waals surface area (Å²) in [6.07, 6.45) is 1.24. The zero-order valence-electron chi connectivity index (χ0n) is 17.6. The topological polar surface area (TPSA) is 86.7 Å². The number of carbonyl (C=O) groups is 1. The number of carboxylic acid groups (broad SMARTS) is 1. The quantitative estimate of drug-likeness (QED) is 0.770. The number of ether oxygens (including phenoxy) is 5. The molecule has 32 heavy (non-hydrogen) atoms. The monoisotopic (exact) mass is 439 g/mol. The van der Waals surface area contributed by atoms with E-state index in [-0.39, 0.29) is 19.0 Å². The van der Waals surface area contributed by atoms with Crippen LogP contribution in [0.25, 0.3) is 0 Å². The lowest BCUT2D eigenvalue weighted by Crippen LogP contribution is -2.69. The number of rotatable bonds is 4. The van der Waals surface area contributed by atoms with E-state index in [1.54, 1.807) is 0 Å². The van der Waals surface area contributed by atoms with Gasteiger partial charge in [-0.15, -0.1) is 0 Å². The van der Waals surface area contributed by atoms with Crippen molar-refractivity contribution in [2.24, 2.45) is 5.41 Å². The molecule has 0 radical (unpaired) electrons. The third-order valence-electron chi connectivity index (χ3n) is 7.04. The van der Waals surface area contributed by atoms with Crippen molar-refractivity contribution < 1.29 is 33.6 Å². The van der Waals surface area contributed by atoms with E-state index < -0.39 is 18.4 Å². The molecule has 8 heteroatoms. The number of likely N-dealkylation sites (tertiary alicyclic amines) is 1. The molecule has 1 aliphatic carbocycles. The highest BCUT2D eigenvalue weighted by molar-refractivity contribution is 5.67. The third-order valence-corrected chi connectivity index (χ3v) is 7.04. The highest BCUT2D eigenvalue weighted by Gasteiger charge is 2.59. The van der Waals surface area contributed by atoms with Gasteiger partial charge in [-0.3, -0.25) is 4.90 Å². The van der Waals surface area contributed by atoms with E-state index in [0.717, 1.165) is 53.0 Å². The van der Waals surface area contributed by atoms with E-state index in [9.17, 15) is 9.90 Å². The molecule has 1 saturated carbocycles.